The van der Waals surface area contributed by atoms with Crippen molar-refractivity contribution in [3.63, 3.8) is 0 Å². The third kappa shape index (κ3) is 2.02. The van der Waals surface area contributed by atoms with Crippen LogP contribution in [0.5, 0.6) is 0 Å². The second-order valence-corrected chi connectivity index (χ2v) is 6.21. The quantitative estimate of drug-likeness (QED) is 0.760. The predicted octanol–water partition coefficient (Wildman–Crippen LogP) is 4.14. The fourth-order valence-electron chi connectivity index (χ4n) is 1.89. The fourth-order valence-corrected chi connectivity index (χ4v) is 3.54. The van der Waals surface area contributed by atoms with Crippen molar-refractivity contribution in [1.29, 1.82) is 0 Å². The standard InChI is InChI=1S/C12H9BrClN3S/c13-7-4-8(18-6-7)5-17-10-3-1-2-9(14)11(10)16-12(17)15/h1-4,6H,5H2,(H2,15,16). The Labute approximate surface area is 121 Å². The Morgan fingerprint density at radius 2 is 2.28 bits per heavy atom. The van der Waals surface area contributed by atoms with Gasteiger partial charge in [0.05, 0.1) is 17.1 Å². The summed E-state index contributed by atoms with van der Waals surface area (Å²) < 4.78 is 3.06. The third-order valence-corrected chi connectivity index (χ3v) is 4.68. The summed E-state index contributed by atoms with van der Waals surface area (Å²) in [6.45, 7) is 0.707. The Morgan fingerprint density at radius 3 is 3.00 bits per heavy atom. The molecule has 0 amide bonds. The van der Waals surface area contributed by atoms with Gasteiger partial charge in [0.2, 0.25) is 5.95 Å². The molecule has 2 N–H and O–H groups in total. The summed E-state index contributed by atoms with van der Waals surface area (Å²) in [6.07, 6.45) is 0. The van der Waals surface area contributed by atoms with Crippen molar-refractivity contribution in [2.24, 2.45) is 0 Å². The number of aromatic nitrogens is 2. The van der Waals surface area contributed by atoms with Crippen LogP contribution in [0.25, 0.3) is 11.0 Å². The molecule has 18 heavy (non-hydrogen) atoms. The highest BCUT2D eigenvalue weighted by Gasteiger charge is 2.11. The van der Waals surface area contributed by atoms with Gasteiger partial charge in [-0.3, -0.25) is 0 Å². The molecule has 3 rings (SSSR count). The highest BCUT2D eigenvalue weighted by atomic mass is 79.9. The number of benzene rings is 1. The Kier molecular flexibility index (Phi) is 3.05. The molecule has 0 bridgehead atoms. The molecule has 0 fully saturated rings. The molecule has 3 nitrogen and oxygen atoms in total. The molecule has 0 aliphatic carbocycles. The fraction of sp³-hybridized carbons (Fsp3) is 0.0833. The lowest BCUT2D eigenvalue weighted by Crippen LogP contribution is -2.03. The normalized spacial score (nSPS) is 11.2. The van der Waals surface area contributed by atoms with Crippen molar-refractivity contribution < 1.29 is 0 Å². The minimum absolute atomic E-state index is 0.489. The third-order valence-electron chi connectivity index (χ3n) is 2.69. The van der Waals surface area contributed by atoms with Gasteiger partial charge in [0, 0.05) is 14.7 Å². The monoisotopic (exact) mass is 341 g/mol. The Bertz CT molecular complexity index is 719. The maximum atomic E-state index is 6.11. The summed E-state index contributed by atoms with van der Waals surface area (Å²) in [5.74, 6) is 0.489. The van der Waals surface area contributed by atoms with Crippen LogP contribution in [0.3, 0.4) is 0 Å². The topological polar surface area (TPSA) is 43.8 Å². The lowest BCUT2D eigenvalue weighted by molar-refractivity contribution is 0.852. The number of thiophene rings is 1. The van der Waals surface area contributed by atoms with Crippen molar-refractivity contribution in [3.05, 3.63) is 44.0 Å². The number of nitrogen functional groups attached to an aromatic ring is 1. The predicted molar refractivity (Wildman–Crippen MR) is 80.3 cm³/mol. The van der Waals surface area contributed by atoms with E-state index in [-0.39, 0.29) is 0 Å². The molecule has 0 aliphatic rings. The molecule has 6 heteroatoms. The minimum Gasteiger partial charge on any atom is -0.369 e. The zero-order valence-corrected chi connectivity index (χ0v) is 12.4. The number of nitrogens with zero attached hydrogens (tertiary/aromatic N) is 2. The average molecular weight is 343 g/mol. The summed E-state index contributed by atoms with van der Waals surface area (Å²) >= 11 is 11.2. The SMILES string of the molecule is Nc1nc2c(Cl)cccc2n1Cc1cc(Br)cs1. The van der Waals surface area contributed by atoms with Crippen molar-refractivity contribution in [1.82, 2.24) is 9.55 Å². The van der Waals surface area contributed by atoms with Gasteiger partial charge in [-0.2, -0.15) is 0 Å². The van der Waals surface area contributed by atoms with Crippen LogP contribution in [-0.2, 0) is 6.54 Å². The number of imidazole rings is 1. The number of fused-ring (bicyclic) bond motifs is 1. The van der Waals surface area contributed by atoms with Crippen molar-refractivity contribution >= 4 is 55.8 Å². The first-order chi connectivity index (χ1) is 8.65. The van der Waals surface area contributed by atoms with E-state index in [0.29, 0.717) is 17.5 Å². The number of halogens is 2. The Balaban J connectivity index is 2.11. The van der Waals surface area contributed by atoms with Gasteiger partial charge in [0.15, 0.2) is 0 Å². The molecule has 1 aromatic carbocycles. The molecule has 92 valence electrons. The van der Waals surface area contributed by atoms with E-state index in [2.05, 4.69) is 32.4 Å². The van der Waals surface area contributed by atoms with E-state index in [0.717, 1.165) is 15.5 Å². The summed E-state index contributed by atoms with van der Waals surface area (Å²) in [4.78, 5) is 5.53. The minimum atomic E-state index is 0.489. The van der Waals surface area contributed by atoms with Crippen molar-refractivity contribution in [2.75, 3.05) is 5.73 Å². The van der Waals surface area contributed by atoms with Gasteiger partial charge in [-0.1, -0.05) is 17.7 Å². The first-order valence-corrected chi connectivity index (χ1v) is 7.33. The van der Waals surface area contributed by atoms with Gasteiger partial charge in [0.1, 0.15) is 5.52 Å². The van der Waals surface area contributed by atoms with Gasteiger partial charge < -0.3 is 10.3 Å². The number of rotatable bonds is 2. The van der Waals surface area contributed by atoms with E-state index < -0.39 is 0 Å². The molecular formula is C12H9BrClN3S. The van der Waals surface area contributed by atoms with Crippen LogP contribution in [0.15, 0.2) is 34.1 Å². The number of hydrogen-bond acceptors (Lipinski definition) is 3. The van der Waals surface area contributed by atoms with Crippen LogP contribution in [0, 0.1) is 0 Å². The summed E-state index contributed by atoms with van der Waals surface area (Å²) in [6, 6.07) is 7.79. The van der Waals surface area contributed by atoms with E-state index >= 15 is 0 Å². The zero-order chi connectivity index (χ0) is 12.7. The summed E-state index contributed by atoms with van der Waals surface area (Å²) in [5, 5.41) is 2.68. The van der Waals surface area contributed by atoms with E-state index in [4.69, 9.17) is 17.3 Å². The molecule has 2 aromatic heterocycles. The van der Waals surface area contributed by atoms with Crippen molar-refractivity contribution in [2.45, 2.75) is 6.54 Å². The van der Waals surface area contributed by atoms with E-state index in [1.807, 2.05) is 22.8 Å². The zero-order valence-electron chi connectivity index (χ0n) is 9.23. The Hall–Kier alpha value is -1.04. The van der Waals surface area contributed by atoms with Crippen molar-refractivity contribution in [3.8, 4) is 0 Å². The summed E-state index contributed by atoms with van der Waals surface area (Å²) in [7, 11) is 0. The maximum Gasteiger partial charge on any atom is 0.201 e. The largest absolute Gasteiger partial charge is 0.369 e. The lowest BCUT2D eigenvalue weighted by Gasteiger charge is -2.04. The molecule has 0 unspecified atom stereocenters. The smallest absolute Gasteiger partial charge is 0.201 e. The average Bonchev–Trinajstić information content (AvgIpc) is 2.87. The number of hydrogen-bond donors (Lipinski definition) is 1. The number of anilines is 1. The number of nitrogens with two attached hydrogens (primary N) is 1. The highest BCUT2D eigenvalue weighted by molar-refractivity contribution is 9.10. The second kappa shape index (κ2) is 4.57. The van der Waals surface area contributed by atoms with E-state index in [1.54, 1.807) is 11.3 Å². The maximum absolute atomic E-state index is 6.11. The van der Waals surface area contributed by atoms with Gasteiger partial charge in [-0.05, 0) is 34.1 Å². The number of para-hydroxylation sites is 1. The Morgan fingerprint density at radius 1 is 1.44 bits per heavy atom. The van der Waals surface area contributed by atoms with Crippen LogP contribution in [0.4, 0.5) is 5.95 Å². The van der Waals surface area contributed by atoms with Gasteiger partial charge in [0.25, 0.3) is 0 Å². The van der Waals surface area contributed by atoms with Gasteiger partial charge in [-0.25, -0.2) is 4.98 Å². The molecule has 0 saturated heterocycles. The van der Waals surface area contributed by atoms with Gasteiger partial charge in [-0.15, -0.1) is 11.3 Å². The molecule has 0 saturated carbocycles. The highest BCUT2D eigenvalue weighted by Crippen LogP contribution is 2.27. The summed E-state index contributed by atoms with van der Waals surface area (Å²) in [5.41, 5.74) is 7.68. The van der Waals surface area contributed by atoms with E-state index in [1.165, 1.54) is 4.88 Å². The van der Waals surface area contributed by atoms with Gasteiger partial charge >= 0.3 is 0 Å². The molecule has 3 aromatic rings. The van der Waals surface area contributed by atoms with Crippen LogP contribution >= 0.6 is 38.9 Å². The molecule has 2 heterocycles. The second-order valence-electron chi connectivity index (χ2n) is 3.89. The van der Waals surface area contributed by atoms with Crippen LogP contribution in [0.1, 0.15) is 4.88 Å². The first kappa shape index (κ1) is 12.0. The van der Waals surface area contributed by atoms with E-state index in [9.17, 15) is 0 Å². The van der Waals surface area contributed by atoms with Crippen LogP contribution in [-0.4, -0.2) is 9.55 Å². The van der Waals surface area contributed by atoms with Crippen LogP contribution in [0.2, 0.25) is 5.02 Å². The molecule has 0 spiro atoms. The lowest BCUT2D eigenvalue weighted by atomic mass is 10.3. The van der Waals surface area contributed by atoms with Crippen LogP contribution < -0.4 is 5.73 Å². The molecule has 0 aliphatic heterocycles. The molecular weight excluding hydrogens is 334 g/mol. The first-order valence-electron chi connectivity index (χ1n) is 5.28. The molecule has 0 atom stereocenters. The molecule has 0 radical (unpaired) electrons.